The number of aliphatic imine (C=N–C) groups is 1. The molecule has 0 aromatic carbocycles. The molecule has 9 heavy (non-hydrogen) atoms. The molecule has 0 unspecified atom stereocenters. The number of nitrogens with zero attached hydrogens (tertiary/aromatic N) is 1. The summed E-state index contributed by atoms with van der Waals surface area (Å²) in [4.78, 5) is 3.88. The van der Waals surface area contributed by atoms with E-state index in [-0.39, 0.29) is 0 Å². The average molecular weight is 127 g/mol. The van der Waals surface area contributed by atoms with Gasteiger partial charge in [0.2, 0.25) is 0 Å². The number of rotatable bonds is 2. The second kappa shape index (κ2) is 4.09. The van der Waals surface area contributed by atoms with Crippen molar-refractivity contribution in [3.8, 4) is 0 Å². The van der Waals surface area contributed by atoms with Gasteiger partial charge in [-0.25, -0.2) is 0 Å². The van der Waals surface area contributed by atoms with Crippen molar-refractivity contribution in [3.63, 3.8) is 0 Å². The van der Waals surface area contributed by atoms with Crippen LogP contribution in [0, 0.1) is 0 Å². The first-order chi connectivity index (χ1) is 4.20. The van der Waals surface area contributed by atoms with Crippen molar-refractivity contribution < 1.29 is 0 Å². The highest BCUT2D eigenvalue weighted by molar-refractivity contribution is 5.96. The van der Waals surface area contributed by atoms with Gasteiger partial charge in [0, 0.05) is 25.0 Å². The number of allylic oxidation sites excluding steroid dienone is 1. The summed E-state index contributed by atoms with van der Waals surface area (Å²) in [6.07, 6.45) is 1.76. The molecule has 4 N–H and O–H groups in total. The van der Waals surface area contributed by atoms with E-state index in [0.717, 1.165) is 11.4 Å². The van der Waals surface area contributed by atoms with Crippen LogP contribution < -0.4 is 11.5 Å². The lowest BCUT2D eigenvalue weighted by Gasteiger charge is -1.93. The van der Waals surface area contributed by atoms with Gasteiger partial charge in [-0.15, -0.1) is 0 Å². The summed E-state index contributed by atoms with van der Waals surface area (Å²) >= 11 is 0. The van der Waals surface area contributed by atoms with E-state index in [0.29, 0.717) is 6.54 Å². The lowest BCUT2D eigenvalue weighted by atomic mass is 10.3. The minimum atomic E-state index is 0.449. The molecule has 0 aliphatic carbocycles. The molecule has 0 aliphatic rings. The first kappa shape index (κ1) is 8.17. The van der Waals surface area contributed by atoms with Gasteiger partial charge in [0.05, 0.1) is 0 Å². The topological polar surface area (TPSA) is 64.4 Å². The third-order valence-corrected chi connectivity index (χ3v) is 0.891. The van der Waals surface area contributed by atoms with E-state index in [1.54, 1.807) is 20.0 Å². The Morgan fingerprint density at radius 2 is 2.22 bits per heavy atom. The zero-order valence-corrected chi connectivity index (χ0v) is 5.89. The first-order valence-electron chi connectivity index (χ1n) is 2.80. The molecule has 0 amide bonds. The Labute approximate surface area is 55.4 Å². The maximum atomic E-state index is 5.37. The van der Waals surface area contributed by atoms with E-state index < -0.39 is 0 Å². The predicted octanol–water partition coefficient (Wildman–Crippen LogP) is -0.122. The van der Waals surface area contributed by atoms with Crippen molar-refractivity contribution in [2.45, 2.75) is 6.92 Å². The molecule has 0 aromatic heterocycles. The fourth-order valence-electron chi connectivity index (χ4n) is 0.478. The van der Waals surface area contributed by atoms with Gasteiger partial charge < -0.3 is 11.5 Å². The molecule has 0 saturated carbocycles. The molecule has 0 heterocycles. The summed E-state index contributed by atoms with van der Waals surface area (Å²) in [5, 5.41) is 0. The first-order valence-corrected chi connectivity index (χ1v) is 2.80. The summed E-state index contributed by atoms with van der Waals surface area (Å²) in [7, 11) is 1.70. The Hall–Kier alpha value is -0.830. The van der Waals surface area contributed by atoms with Gasteiger partial charge in [-0.3, -0.25) is 4.99 Å². The zero-order valence-electron chi connectivity index (χ0n) is 5.89. The molecule has 3 nitrogen and oxygen atoms in total. The van der Waals surface area contributed by atoms with Crippen molar-refractivity contribution >= 4 is 5.71 Å². The minimum Gasteiger partial charge on any atom is -0.402 e. The molecule has 0 atom stereocenters. The Kier molecular flexibility index (Phi) is 3.71. The highest BCUT2D eigenvalue weighted by Crippen LogP contribution is 1.82. The van der Waals surface area contributed by atoms with Gasteiger partial charge in [-0.2, -0.15) is 0 Å². The SMILES string of the molecule is CN=C(C=C(C)N)CN. The fraction of sp³-hybridized carbons (Fsp3) is 0.500. The van der Waals surface area contributed by atoms with Crippen LogP contribution >= 0.6 is 0 Å². The van der Waals surface area contributed by atoms with Crippen LogP contribution in [0.2, 0.25) is 0 Å². The van der Waals surface area contributed by atoms with E-state index in [2.05, 4.69) is 4.99 Å². The van der Waals surface area contributed by atoms with E-state index >= 15 is 0 Å². The smallest absolute Gasteiger partial charge is 0.0497 e. The van der Waals surface area contributed by atoms with Crippen molar-refractivity contribution in [1.82, 2.24) is 0 Å². The third kappa shape index (κ3) is 3.73. The van der Waals surface area contributed by atoms with Crippen LogP contribution in [0.5, 0.6) is 0 Å². The molecular formula is C6H13N3. The summed E-state index contributed by atoms with van der Waals surface area (Å²) in [6.45, 7) is 2.26. The van der Waals surface area contributed by atoms with Crippen molar-refractivity contribution in [3.05, 3.63) is 11.8 Å². The minimum absolute atomic E-state index is 0.449. The van der Waals surface area contributed by atoms with Crippen LogP contribution in [0.3, 0.4) is 0 Å². The van der Waals surface area contributed by atoms with E-state index in [4.69, 9.17) is 11.5 Å². The zero-order chi connectivity index (χ0) is 7.28. The molecular weight excluding hydrogens is 114 g/mol. The molecule has 0 saturated heterocycles. The van der Waals surface area contributed by atoms with Gasteiger partial charge in [0.1, 0.15) is 0 Å². The van der Waals surface area contributed by atoms with Gasteiger partial charge in [0.25, 0.3) is 0 Å². The maximum absolute atomic E-state index is 5.37. The van der Waals surface area contributed by atoms with Gasteiger partial charge in [-0.05, 0) is 13.0 Å². The Bertz CT molecular complexity index is 131. The molecule has 0 aliphatic heterocycles. The van der Waals surface area contributed by atoms with Crippen LogP contribution in [0.15, 0.2) is 16.8 Å². The molecule has 0 fully saturated rings. The summed E-state index contributed by atoms with van der Waals surface area (Å²) in [5.41, 5.74) is 12.2. The largest absolute Gasteiger partial charge is 0.402 e. The van der Waals surface area contributed by atoms with Crippen molar-refractivity contribution in [2.24, 2.45) is 16.5 Å². The van der Waals surface area contributed by atoms with Gasteiger partial charge in [-0.1, -0.05) is 0 Å². The molecule has 52 valence electrons. The Morgan fingerprint density at radius 3 is 2.33 bits per heavy atom. The molecule has 0 rings (SSSR count). The van der Waals surface area contributed by atoms with Crippen LogP contribution in [0.25, 0.3) is 0 Å². The van der Waals surface area contributed by atoms with Crippen LogP contribution in [-0.2, 0) is 0 Å². The number of hydrogen-bond donors (Lipinski definition) is 2. The van der Waals surface area contributed by atoms with Crippen LogP contribution in [-0.4, -0.2) is 19.3 Å². The second-order valence-corrected chi connectivity index (χ2v) is 1.81. The molecule has 0 aromatic rings. The highest BCUT2D eigenvalue weighted by atomic mass is 14.7. The second-order valence-electron chi connectivity index (χ2n) is 1.81. The Balaban J connectivity index is 4.01. The average Bonchev–Trinajstić information content (AvgIpc) is 1.82. The van der Waals surface area contributed by atoms with Gasteiger partial charge in [0.15, 0.2) is 0 Å². The molecule has 0 spiro atoms. The number of hydrogen-bond acceptors (Lipinski definition) is 3. The van der Waals surface area contributed by atoms with Crippen molar-refractivity contribution in [1.29, 1.82) is 0 Å². The van der Waals surface area contributed by atoms with E-state index in [1.165, 1.54) is 0 Å². The van der Waals surface area contributed by atoms with E-state index in [1.807, 2.05) is 0 Å². The molecule has 0 bridgehead atoms. The highest BCUT2D eigenvalue weighted by Gasteiger charge is 1.86. The lowest BCUT2D eigenvalue weighted by molar-refractivity contribution is 1.25. The third-order valence-electron chi connectivity index (χ3n) is 0.891. The summed E-state index contributed by atoms with van der Waals surface area (Å²) in [6, 6.07) is 0. The predicted molar refractivity (Wildman–Crippen MR) is 40.4 cm³/mol. The van der Waals surface area contributed by atoms with Crippen LogP contribution in [0.1, 0.15) is 6.92 Å². The lowest BCUT2D eigenvalue weighted by Crippen LogP contribution is -2.12. The number of nitrogens with two attached hydrogens (primary N) is 2. The molecule has 0 radical (unpaired) electrons. The maximum Gasteiger partial charge on any atom is 0.0497 e. The molecule has 3 heteroatoms. The fourth-order valence-corrected chi connectivity index (χ4v) is 0.478. The van der Waals surface area contributed by atoms with E-state index in [9.17, 15) is 0 Å². The quantitative estimate of drug-likeness (QED) is 0.508. The normalized spacial score (nSPS) is 14.1. The standard InChI is InChI=1S/C6H13N3/c1-5(8)3-6(4-7)9-2/h3H,4,7-8H2,1-2H3. The summed E-state index contributed by atoms with van der Waals surface area (Å²) in [5.74, 6) is 0. The summed E-state index contributed by atoms with van der Waals surface area (Å²) < 4.78 is 0. The van der Waals surface area contributed by atoms with Crippen molar-refractivity contribution in [2.75, 3.05) is 13.6 Å². The van der Waals surface area contributed by atoms with Gasteiger partial charge >= 0.3 is 0 Å². The van der Waals surface area contributed by atoms with Crippen LogP contribution in [0.4, 0.5) is 0 Å². The Morgan fingerprint density at radius 1 is 1.67 bits per heavy atom. The monoisotopic (exact) mass is 127 g/mol.